The predicted octanol–water partition coefficient (Wildman–Crippen LogP) is 3.12. The third kappa shape index (κ3) is 3.17. The summed E-state index contributed by atoms with van der Waals surface area (Å²) in [6.45, 7) is 3.54. The summed E-state index contributed by atoms with van der Waals surface area (Å²) in [6.07, 6.45) is 0. The molecule has 0 saturated heterocycles. The number of benzene rings is 2. The SMILES string of the molecule is COc1cc(C)c(S(=O)(=O)Nc2ccccc2OC)cc1C. The molecule has 22 heavy (non-hydrogen) atoms. The average Bonchev–Trinajstić information content (AvgIpc) is 2.49. The van der Waals surface area contributed by atoms with Crippen molar-refractivity contribution in [2.75, 3.05) is 18.9 Å². The summed E-state index contributed by atoms with van der Waals surface area (Å²) >= 11 is 0. The Bertz CT molecular complexity index is 785. The highest BCUT2D eigenvalue weighted by Crippen LogP contribution is 2.29. The van der Waals surface area contributed by atoms with Gasteiger partial charge in [0, 0.05) is 0 Å². The molecule has 2 aromatic carbocycles. The Morgan fingerprint density at radius 3 is 2.18 bits per heavy atom. The zero-order chi connectivity index (χ0) is 16.3. The Morgan fingerprint density at radius 1 is 0.909 bits per heavy atom. The Hall–Kier alpha value is -2.21. The van der Waals surface area contributed by atoms with Gasteiger partial charge in [-0.05, 0) is 49.2 Å². The maximum absolute atomic E-state index is 12.6. The lowest BCUT2D eigenvalue weighted by atomic mass is 10.1. The number of ether oxygens (including phenoxy) is 2. The number of hydrogen-bond donors (Lipinski definition) is 1. The van der Waals surface area contributed by atoms with Gasteiger partial charge in [-0.15, -0.1) is 0 Å². The smallest absolute Gasteiger partial charge is 0.262 e. The zero-order valence-electron chi connectivity index (χ0n) is 13.0. The number of sulfonamides is 1. The van der Waals surface area contributed by atoms with E-state index >= 15 is 0 Å². The molecule has 0 spiro atoms. The van der Waals surface area contributed by atoms with Crippen molar-refractivity contribution in [2.45, 2.75) is 18.7 Å². The predicted molar refractivity (Wildman–Crippen MR) is 86.3 cm³/mol. The van der Waals surface area contributed by atoms with E-state index in [0.29, 0.717) is 22.7 Å². The van der Waals surface area contributed by atoms with E-state index in [1.807, 2.05) is 0 Å². The van der Waals surface area contributed by atoms with E-state index in [9.17, 15) is 8.42 Å². The largest absolute Gasteiger partial charge is 0.496 e. The average molecular weight is 321 g/mol. The van der Waals surface area contributed by atoms with Gasteiger partial charge in [0.15, 0.2) is 0 Å². The van der Waals surface area contributed by atoms with Crippen LogP contribution >= 0.6 is 0 Å². The van der Waals surface area contributed by atoms with Crippen LogP contribution in [-0.2, 0) is 10.0 Å². The molecule has 0 unspecified atom stereocenters. The van der Waals surface area contributed by atoms with Gasteiger partial charge in [0.25, 0.3) is 10.0 Å². The van der Waals surface area contributed by atoms with Gasteiger partial charge in [0.1, 0.15) is 11.5 Å². The molecule has 0 aliphatic carbocycles. The molecule has 1 N–H and O–H groups in total. The third-order valence-corrected chi connectivity index (χ3v) is 4.84. The molecule has 0 atom stereocenters. The molecule has 118 valence electrons. The Balaban J connectivity index is 2.45. The lowest BCUT2D eigenvalue weighted by Crippen LogP contribution is -2.15. The molecule has 0 saturated carbocycles. The first kappa shape index (κ1) is 16.2. The molecule has 0 radical (unpaired) electrons. The number of aryl methyl sites for hydroxylation is 2. The summed E-state index contributed by atoms with van der Waals surface area (Å²) in [5.41, 5.74) is 1.77. The normalized spacial score (nSPS) is 11.1. The number of hydrogen-bond acceptors (Lipinski definition) is 4. The van der Waals surface area contributed by atoms with Crippen molar-refractivity contribution in [1.82, 2.24) is 0 Å². The van der Waals surface area contributed by atoms with Crippen molar-refractivity contribution in [3.8, 4) is 11.5 Å². The summed E-state index contributed by atoms with van der Waals surface area (Å²) in [7, 11) is -0.655. The van der Waals surface area contributed by atoms with Crippen molar-refractivity contribution in [1.29, 1.82) is 0 Å². The minimum absolute atomic E-state index is 0.219. The molecule has 0 aliphatic rings. The molecule has 2 aromatic rings. The molecular formula is C16H19NO4S. The third-order valence-electron chi connectivity index (χ3n) is 3.33. The lowest BCUT2D eigenvalue weighted by Gasteiger charge is -2.15. The quantitative estimate of drug-likeness (QED) is 0.919. The van der Waals surface area contributed by atoms with E-state index in [4.69, 9.17) is 9.47 Å². The van der Waals surface area contributed by atoms with Crippen LogP contribution < -0.4 is 14.2 Å². The summed E-state index contributed by atoms with van der Waals surface area (Å²) in [5.74, 6) is 1.13. The number of anilines is 1. The van der Waals surface area contributed by atoms with Gasteiger partial charge >= 0.3 is 0 Å². The fourth-order valence-electron chi connectivity index (χ4n) is 2.20. The highest BCUT2D eigenvalue weighted by molar-refractivity contribution is 7.92. The fourth-order valence-corrected chi connectivity index (χ4v) is 3.58. The fraction of sp³-hybridized carbons (Fsp3) is 0.250. The van der Waals surface area contributed by atoms with E-state index in [1.54, 1.807) is 57.4 Å². The van der Waals surface area contributed by atoms with Crippen LogP contribution in [0.25, 0.3) is 0 Å². The van der Waals surface area contributed by atoms with Gasteiger partial charge in [-0.3, -0.25) is 4.72 Å². The highest BCUT2D eigenvalue weighted by Gasteiger charge is 2.20. The van der Waals surface area contributed by atoms with Crippen LogP contribution in [0.4, 0.5) is 5.69 Å². The summed E-state index contributed by atoms with van der Waals surface area (Å²) in [6, 6.07) is 10.2. The standard InChI is InChI=1S/C16H19NO4S/c1-11-10-16(12(2)9-15(11)21-4)22(18,19)17-13-7-5-6-8-14(13)20-3/h5-10,17H,1-4H3. The molecule has 0 aliphatic heterocycles. The second-order valence-electron chi connectivity index (χ2n) is 4.89. The van der Waals surface area contributed by atoms with E-state index < -0.39 is 10.0 Å². The van der Waals surface area contributed by atoms with Gasteiger partial charge in [-0.2, -0.15) is 0 Å². The molecule has 2 rings (SSSR count). The van der Waals surface area contributed by atoms with Crippen molar-refractivity contribution >= 4 is 15.7 Å². The van der Waals surface area contributed by atoms with E-state index in [-0.39, 0.29) is 4.90 Å². The van der Waals surface area contributed by atoms with Crippen LogP contribution in [-0.4, -0.2) is 22.6 Å². The van der Waals surface area contributed by atoms with Gasteiger partial charge in [0.05, 0.1) is 24.8 Å². The maximum Gasteiger partial charge on any atom is 0.262 e. The van der Waals surface area contributed by atoms with Crippen molar-refractivity contribution < 1.29 is 17.9 Å². The molecule has 0 amide bonds. The summed E-state index contributed by atoms with van der Waals surface area (Å²) < 4.78 is 38.2. The Morgan fingerprint density at radius 2 is 1.55 bits per heavy atom. The molecule has 0 heterocycles. The minimum Gasteiger partial charge on any atom is -0.496 e. The highest BCUT2D eigenvalue weighted by atomic mass is 32.2. The van der Waals surface area contributed by atoms with Crippen molar-refractivity contribution in [3.05, 3.63) is 47.5 Å². The van der Waals surface area contributed by atoms with Crippen LogP contribution in [0.3, 0.4) is 0 Å². The van der Waals surface area contributed by atoms with Crippen molar-refractivity contribution in [2.24, 2.45) is 0 Å². The Kier molecular flexibility index (Phi) is 4.61. The second-order valence-corrected chi connectivity index (χ2v) is 6.54. The Labute approximate surface area is 130 Å². The molecule has 6 heteroatoms. The summed E-state index contributed by atoms with van der Waals surface area (Å²) in [4.78, 5) is 0.219. The van der Waals surface area contributed by atoms with Crippen LogP contribution in [0.5, 0.6) is 11.5 Å². The lowest BCUT2D eigenvalue weighted by molar-refractivity contribution is 0.411. The van der Waals surface area contributed by atoms with E-state index in [2.05, 4.69) is 4.72 Å². The first-order valence-corrected chi connectivity index (χ1v) is 8.18. The summed E-state index contributed by atoms with van der Waals surface area (Å²) in [5, 5.41) is 0. The number of rotatable bonds is 5. The minimum atomic E-state index is -3.71. The number of methoxy groups -OCH3 is 2. The molecule has 0 fully saturated rings. The number of para-hydroxylation sites is 2. The topological polar surface area (TPSA) is 64.6 Å². The number of nitrogens with one attached hydrogen (secondary N) is 1. The van der Waals surface area contributed by atoms with Gasteiger partial charge in [-0.25, -0.2) is 8.42 Å². The van der Waals surface area contributed by atoms with E-state index in [1.165, 1.54) is 7.11 Å². The van der Waals surface area contributed by atoms with Crippen LogP contribution in [0.1, 0.15) is 11.1 Å². The molecule has 0 bridgehead atoms. The van der Waals surface area contributed by atoms with Crippen molar-refractivity contribution in [3.63, 3.8) is 0 Å². The van der Waals surface area contributed by atoms with Crippen LogP contribution in [0.2, 0.25) is 0 Å². The van der Waals surface area contributed by atoms with E-state index in [0.717, 1.165) is 5.56 Å². The zero-order valence-corrected chi connectivity index (χ0v) is 13.8. The first-order chi connectivity index (χ1) is 10.4. The first-order valence-electron chi connectivity index (χ1n) is 6.70. The maximum atomic E-state index is 12.6. The molecular weight excluding hydrogens is 302 g/mol. The van der Waals surface area contributed by atoms with Gasteiger partial charge < -0.3 is 9.47 Å². The van der Waals surface area contributed by atoms with Gasteiger partial charge in [-0.1, -0.05) is 12.1 Å². The van der Waals surface area contributed by atoms with Crippen LogP contribution in [0, 0.1) is 13.8 Å². The molecule has 5 nitrogen and oxygen atoms in total. The van der Waals surface area contributed by atoms with Crippen LogP contribution in [0.15, 0.2) is 41.3 Å². The monoisotopic (exact) mass is 321 g/mol. The molecule has 0 aromatic heterocycles. The van der Waals surface area contributed by atoms with Gasteiger partial charge in [0.2, 0.25) is 0 Å². The second kappa shape index (κ2) is 6.27.